The minimum absolute atomic E-state index is 0.226. The van der Waals surface area contributed by atoms with Gasteiger partial charge in [-0.05, 0) is 31.4 Å². The monoisotopic (exact) mass is 288 g/mol. The first-order chi connectivity index (χ1) is 9.38. The Morgan fingerprint density at radius 2 is 2.15 bits per heavy atom. The second-order valence-corrected chi connectivity index (χ2v) is 4.94. The van der Waals surface area contributed by atoms with Gasteiger partial charge in [0.2, 0.25) is 0 Å². The molecule has 1 aromatic rings. The number of anilines is 1. The molecule has 0 bridgehead atoms. The number of aliphatic carboxylic acids is 1. The molecule has 7 heteroatoms. The van der Waals surface area contributed by atoms with Crippen molar-refractivity contribution < 1.29 is 23.1 Å². The van der Waals surface area contributed by atoms with Crippen LogP contribution in [-0.4, -0.2) is 22.1 Å². The number of halogens is 3. The molecule has 2 N–H and O–H groups in total. The van der Waals surface area contributed by atoms with Crippen LogP contribution in [0.1, 0.15) is 31.2 Å². The summed E-state index contributed by atoms with van der Waals surface area (Å²) in [5.41, 5.74) is -0.822. The highest BCUT2D eigenvalue weighted by Crippen LogP contribution is 2.35. The fraction of sp³-hybridized carbons (Fsp3) is 0.538. The Morgan fingerprint density at radius 3 is 2.80 bits per heavy atom. The van der Waals surface area contributed by atoms with Crippen LogP contribution in [-0.2, 0) is 11.0 Å². The maximum atomic E-state index is 12.8. The van der Waals surface area contributed by atoms with Crippen LogP contribution < -0.4 is 5.32 Å². The van der Waals surface area contributed by atoms with Crippen LogP contribution in [0, 0.1) is 5.92 Å². The number of pyridine rings is 1. The van der Waals surface area contributed by atoms with E-state index in [1.807, 2.05) is 0 Å². The predicted octanol–water partition coefficient (Wildman–Crippen LogP) is 3.16. The Morgan fingerprint density at radius 1 is 1.40 bits per heavy atom. The van der Waals surface area contributed by atoms with Crippen molar-refractivity contribution in [3.05, 3.63) is 23.9 Å². The third-order valence-corrected chi connectivity index (χ3v) is 3.48. The van der Waals surface area contributed by atoms with E-state index in [0.717, 1.165) is 6.07 Å². The number of nitrogens with one attached hydrogen (secondary N) is 1. The average Bonchev–Trinajstić information content (AvgIpc) is 2.38. The fourth-order valence-corrected chi connectivity index (χ4v) is 2.49. The summed E-state index contributed by atoms with van der Waals surface area (Å²) in [7, 11) is 0. The van der Waals surface area contributed by atoms with Crippen molar-refractivity contribution >= 4 is 11.8 Å². The first-order valence-corrected chi connectivity index (χ1v) is 6.39. The smallest absolute Gasteiger partial charge is 0.419 e. The number of alkyl halides is 3. The lowest BCUT2D eigenvalue weighted by atomic mass is 9.86. The number of aromatic nitrogens is 1. The average molecular weight is 288 g/mol. The maximum Gasteiger partial charge on any atom is 0.419 e. The number of carbonyl (C=O) groups is 1. The zero-order chi connectivity index (χ0) is 14.8. The summed E-state index contributed by atoms with van der Waals surface area (Å²) >= 11 is 0. The highest BCUT2D eigenvalue weighted by molar-refractivity contribution is 5.70. The van der Waals surface area contributed by atoms with E-state index in [4.69, 9.17) is 5.11 Å². The Hall–Kier alpha value is -1.79. The summed E-state index contributed by atoms with van der Waals surface area (Å²) in [5, 5.41) is 11.7. The van der Waals surface area contributed by atoms with E-state index in [1.165, 1.54) is 12.3 Å². The van der Waals surface area contributed by atoms with Crippen molar-refractivity contribution in [3.8, 4) is 0 Å². The number of carboxylic acid groups (broad SMARTS) is 1. The van der Waals surface area contributed by atoms with Crippen molar-refractivity contribution in [2.45, 2.75) is 37.9 Å². The number of rotatable bonds is 3. The zero-order valence-electron chi connectivity index (χ0n) is 10.7. The van der Waals surface area contributed by atoms with E-state index in [-0.39, 0.29) is 11.9 Å². The van der Waals surface area contributed by atoms with Crippen molar-refractivity contribution in [3.63, 3.8) is 0 Å². The molecule has 1 heterocycles. The van der Waals surface area contributed by atoms with Gasteiger partial charge in [0.25, 0.3) is 0 Å². The van der Waals surface area contributed by atoms with Gasteiger partial charge in [-0.1, -0.05) is 6.42 Å². The molecule has 2 atom stereocenters. The van der Waals surface area contributed by atoms with Crippen LogP contribution in [0.2, 0.25) is 0 Å². The Balaban J connectivity index is 2.12. The normalized spacial score (nSPS) is 23.4. The molecule has 1 aliphatic rings. The van der Waals surface area contributed by atoms with E-state index in [2.05, 4.69) is 10.3 Å². The Labute approximate surface area is 114 Å². The third kappa shape index (κ3) is 3.40. The minimum atomic E-state index is -4.47. The van der Waals surface area contributed by atoms with Crippen LogP contribution in [0.25, 0.3) is 0 Å². The van der Waals surface area contributed by atoms with Crippen LogP contribution >= 0.6 is 0 Å². The Kier molecular flexibility index (Phi) is 4.15. The van der Waals surface area contributed by atoms with E-state index in [1.54, 1.807) is 0 Å². The summed E-state index contributed by atoms with van der Waals surface area (Å²) < 4.78 is 38.5. The molecule has 1 aromatic heterocycles. The molecule has 0 radical (unpaired) electrons. The van der Waals surface area contributed by atoms with Gasteiger partial charge >= 0.3 is 12.1 Å². The van der Waals surface area contributed by atoms with E-state index >= 15 is 0 Å². The zero-order valence-corrected chi connectivity index (χ0v) is 10.7. The molecule has 4 nitrogen and oxygen atoms in total. The second kappa shape index (κ2) is 5.68. The van der Waals surface area contributed by atoms with Gasteiger partial charge in [-0.2, -0.15) is 13.2 Å². The lowest BCUT2D eigenvalue weighted by molar-refractivity contribution is -0.143. The summed E-state index contributed by atoms with van der Waals surface area (Å²) in [6.07, 6.45) is -0.960. The van der Waals surface area contributed by atoms with Gasteiger partial charge in [-0.15, -0.1) is 0 Å². The van der Waals surface area contributed by atoms with Crippen molar-refractivity contribution in [2.75, 3.05) is 5.32 Å². The molecule has 0 amide bonds. The predicted molar refractivity (Wildman–Crippen MR) is 66.2 cm³/mol. The van der Waals surface area contributed by atoms with Crippen molar-refractivity contribution in [1.29, 1.82) is 0 Å². The molecule has 1 fully saturated rings. The molecule has 0 spiro atoms. The van der Waals surface area contributed by atoms with Crippen LogP contribution in [0.3, 0.4) is 0 Å². The summed E-state index contributed by atoms with van der Waals surface area (Å²) in [4.78, 5) is 14.7. The van der Waals surface area contributed by atoms with Gasteiger partial charge in [0.05, 0.1) is 11.5 Å². The molecule has 0 saturated heterocycles. The molecule has 0 aliphatic heterocycles. The van der Waals surface area contributed by atoms with Crippen molar-refractivity contribution in [1.82, 2.24) is 4.98 Å². The molecule has 20 heavy (non-hydrogen) atoms. The largest absolute Gasteiger partial charge is 0.481 e. The van der Waals surface area contributed by atoms with Crippen LogP contribution in [0.4, 0.5) is 19.0 Å². The molecule has 1 aliphatic carbocycles. The first-order valence-electron chi connectivity index (χ1n) is 6.39. The Bertz CT molecular complexity index is 491. The van der Waals surface area contributed by atoms with Gasteiger partial charge in [0.1, 0.15) is 5.82 Å². The topological polar surface area (TPSA) is 62.2 Å². The van der Waals surface area contributed by atoms with Gasteiger partial charge < -0.3 is 10.4 Å². The van der Waals surface area contributed by atoms with E-state index < -0.39 is 23.6 Å². The molecule has 1 saturated carbocycles. The summed E-state index contributed by atoms with van der Waals surface area (Å²) in [5.74, 6) is -1.62. The van der Waals surface area contributed by atoms with Gasteiger partial charge in [-0.25, -0.2) is 4.98 Å². The molecule has 2 unspecified atom stereocenters. The fourth-order valence-electron chi connectivity index (χ4n) is 2.49. The lowest BCUT2D eigenvalue weighted by Gasteiger charge is -2.28. The molecule has 2 rings (SSSR count). The van der Waals surface area contributed by atoms with Crippen molar-refractivity contribution in [2.24, 2.45) is 5.92 Å². The minimum Gasteiger partial charge on any atom is -0.481 e. The molecular weight excluding hydrogens is 273 g/mol. The SMILES string of the molecule is O=C(O)C1CCCC(Nc2ncccc2C(F)(F)F)C1. The quantitative estimate of drug-likeness (QED) is 0.897. The maximum absolute atomic E-state index is 12.8. The van der Waals surface area contributed by atoms with E-state index in [0.29, 0.717) is 25.7 Å². The lowest BCUT2D eigenvalue weighted by Crippen LogP contribution is -2.32. The summed E-state index contributed by atoms with van der Waals surface area (Å²) in [6, 6.07) is 1.91. The van der Waals surface area contributed by atoms with E-state index in [9.17, 15) is 18.0 Å². The summed E-state index contributed by atoms with van der Waals surface area (Å²) in [6.45, 7) is 0. The van der Waals surface area contributed by atoms with Crippen LogP contribution in [0.15, 0.2) is 18.3 Å². The van der Waals surface area contributed by atoms with Crippen LogP contribution in [0.5, 0.6) is 0 Å². The number of hydrogen-bond acceptors (Lipinski definition) is 3. The standard InChI is InChI=1S/C13H15F3N2O2/c14-13(15,16)10-5-2-6-17-11(10)18-9-4-1-3-8(7-9)12(19)20/h2,5-6,8-9H,1,3-4,7H2,(H,17,18)(H,19,20). The number of carboxylic acids is 1. The van der Waals surface area contributed by atoms with Gasteiger partial charge in [0, 0.05) is 12.2 Å². The molecule has 0 aromatic carbocycles. The number of hydrogen-bond donors (Lipinski definition) is 2. The third-order valence-electron chi connectivity index (χ3n) is 3.48. The first kappa shape index (κ1) is 14.6. The highest BCUT2D eigenvalue weighted by atomic mass is 19.4. The van der Waals surface area contributed by atoms with Gasteiger partial charge in [-0.3, -0.25) is 4.79 Å². The highest BCUT2D eigenvalue weighted by Gasteiger charge is 2.35. The molecular formula is C13H15F3N2O2. The molecule has 110 valence electrons. The number of nitrogens with zero attached hydrogens (tertiary/aromatic N) is 1. The second-order valence-electron chi connectivity index (χ2n) is 4.94. The van der Waals surface area contributed by atoms with Gasteiger partial charge in [0.15, 0.2) is 0 Å².